The van der Waals surface area contributed by atoms with Crippen LogP contribution in [-0.2, 0) is 0 Å². The van der Waals surface area contributed by atoms with Crippen molar-refractivity contribution in [2.75, 3.05) is 6.54 Å². The van der Waals surface area contributed by atoms with E-state index in [-0.39, 0.29) is 5.78 Å². The van der Waals surface area contributed by atoms with E-state index < -0.39 is 6.09 Å². The van der Waals surface area contributed by atoms with Gasteiger partial charge in [0.15, 0.2) is 5.78 Å². The predicted octanol–water partition coefficient (Wildman–Crippen LogP) is 3.56. The highest BCUT2D eigenvalue weighted by Crippen LogP contribution is 2.22. The zero-order chi connectivity index (χ0) is 14.4. The molecular weight excluding hydrogens is 254 g/mol. The lowest BCUT2D eigenvalue weighted by Gasteiger charge is -2.21. The molecule has 1 N–H and O–H groups in total. The van der Waals surface area contributed by atoms with Crippen molar-refractivity contribution in [3.63, 3.8) is 0 Å². The molecule has 1 saturated carbocycles. The Hall–Kier alpha value is -1.84. The van der Waals surface area contributed by atoms with Crippen LogP contribution in [0.3, 0.4) is 0 Å². The Bertz CT molecular complexity index is 478. The van der Waals surface area contributed by atoms with Gasteiger partial charge in [-0.1, -0.05) is 31.4 Å². The minimum Gasteiger partial charge on any atom is -0.410 e. The first-order valence-electron chi connectivity index (χ1n) is 7.22. The van der Waals surface area contributed by atoms with Gasteiger partial charge in [-0.15, -0.1) is 0 Å². The number of Topliss-reactive ketones (excluding diaryl/α,β-unsaturated/α-hetero) is 1. The smallest absolute Gasteiger partial charge is 0.410 e. The molecule has 1 fully saturated rings. The van der Waals surface area contributed by atoms with E-state index >= 15 is 0 Å². The highest BCUT2D eigenvalue weighted by Gasteiger charge is 2.15. The number of hydrogen-bond acceptors (Lipinski definition) is 3. The Kier molecular flexibility index (Phi) is 5.16. The summed E-state index contributed by atoms with van der Waals surface area (Å²) in [5.41, 5.74) is 0.544. The van der Waals surface area contributed by atoms with E-state index in [1.807, 2.05) is 0 Å². The van der Waals surface area contributed by atoms with Gasteiger partial charge in [-0.25, -0.2) is 4.79 Å². The highest BCUT2D eigenvalue weighted by atomic mass is 16.6. The van der Waals surface area contributed by atoms with E-state index in [9.17, 15) is 9.59 Å². The summed E-state index contributed by atoms with van der Waals surface area (Å²) in [6, 6.07) is 6.67. The lowest BCUT2D eigenvalue weighted by atomic mass is 9.89. The van der Waals surface area contributed by atoms with E-state index in [0.29, 0.717) is 23.8 Å². The van der Waals surface area contributed by atoms with Gasteiger partial charge in [0.2, 0.25) is 0 Å². The van der Waals surface area contributed by atoms with Crippen LogP contribution in [0.5, 0.6) is 5.75 Å². The third-order valence-corrected chi connectivity index (χ3v) is 3.71. The number of hydrogen-bond donors (Lipinski definition) is 1. The molecular formula is C16H21NO3. The number of carbonyl (C=O) groups excluding carboxylic acids is 2. The fourth-order valence-corrected chi connectivity index (χ4v) is 2.54. The Balaban J connectivity index is 1.81. The summed E-state index contributed by atoms with van der Waals surface area (Å²) in [5.74, 6) is 0.928. The van der Waals surface area contributed by atoms with Crippen LogP contribution in [0.4, 0.5) is 4.79 Å². The molecule has 1 aromatic carbocycles. The topological polar surface area (TPSA) is 55.4 Å². The van der Waals surface area contributed by atoms with Crippen LogP contribution in [0.25, 0.3) is 0 Å². The van der Waals surface area contributed by atoms with E-state index in [2.05, 4.69) is 5.32 Å². The zero-order valence-corrected chi connectivity index (χ0v) is 11.9. The zero-order valence-electron chi connectivity index (χ0n) is 11.9. The van der Waals surface area contributed by atoms with Crippen molar-refractivity contribution in [2.45, 2.75) is 39.0 Å². The van der Waals surface area contributed by atoms with Gasteiger partial charge >= 0.3 is 6.09 Å². The van der Waals surface area contributed by atoms with Crippen molar-refractivity contribution < 1.29 is 14.3 Å². The number of benzene rings is 1. The summed E-state index contributed by atoms with van der Waals surface area (Å²) in [4.78, 5) is 23.0. The normalized spacial score (nSPS) is 15.7. The molecule has 1 aliphatic rings. The van der Waals surface area contributed by atoms with Crippen molar-refractivity contribution in [1.82, 2.24) is 5.32 Å². The number of ether oxygens (including phenoxy) is 1. The number of rotatable bonds is 4. The van der Waals surface area contributed by atoms with Gasteiger partial charge in [0.1, 0.15) is 5.75 Å². The second kappa shape index (κ2) is 7.08. The standard InChI is InChI=1S/C16H21NO3/c1-12(18)14-8-5-9-15(10-14)20-16(19)17-11-13-6-3-2-4-7-13/h5,8-10,13H,2-4,6-7,11H2,1H3,(H,17,19). The van der Waals surface area contributed by atoms with Crippen LogP contribution >= 0.6 is 0 Å². The van der Waals surface area contributed by atoms with Crippen LogP contribution < -0.4 is 10.1 Å². The molecule has 0 aromatic heterocycles. The molecule has 4 nitrogen and oxygen atoms in total. The summed E-state index contributed by atoms with van der Waals surface area (Å²) < 4.78 is 5.19. The first kappa shape index (κ1) is 14.6. The first-order chi connectivity index (χ1) is 9.65. The van der Waals surface area contributed by atoms with Crippen LogP contribution in [0.15, 0.2) is 24.3 Å². The molecule has 0 heterocycles. The van der Waals surface area contributed by atoms with Gasteiger partial charge in [0.25, 0.3) is 0 Å². The molecule has 0 bridgehead atoms. The number of amides is 1. The van der Waals surface area contributed by atoms with Crippen LogP contribution in [0, 0.1) is 5.92 Å². The maximum Gasteiger partial charge on any atom is 0.412 e. The average molecular weight is 275 g/mol. The van der Waals surface area contributed by atoms with Crippen molar-refractivity contribution in [2.24, 2.45) is 5.92 Å². The van der Waals surface area contributed by atoms with E-state index in [1.165, 1.54) is 39.0 Å². The molecule has 4 heteroatoms. The average Bonchev–Trinajstić information content (AvgIpc) is 2.46. The number of nitrogens with one attached hydrogen (secondary N) is 1. The van der Waals surface area contributed by atoms with E-state index in [0.717, 1.165) is 0 Å². The summed E-state index contributed by atoms with van der Waals surface area (Å²) in [6.07, 6.45) is 5.72. The molecule has 20 heavy (non-hydrogen) atoms. The molecule has 1 aliphatic carbocycles. The number of ketones is 1. The lowest BCUT2D eigenvalue weighted by molar-refractivity contribution is 0.101. The summed E-state index contributed by atoms with van der Waals surface area (Å²) in [7, 11) is 0. The fraction of sp³-hybridized carbons (Fsp3) is 0.500. The van der Waals surface area contributed by atoms with Crippen molar-refractivity contribution >= 4 is 11.9 Å². The third-order valence-electron chi connectivity index (χ3n) is 3.71. The van der Waals surface area contributed by atoms with Gasteiger partial charge in [0.05, 0.1) is 0 Å². The van der Waals surface area contributed by atoms with Gasteiger partial charge < -0.3 is 10.1 Å². The van der Waals surface area contributed by atoms with Gasteiger partial charge in [-0.05, 0) is 37.8 Å². The van der Waals surface area contributed by atoms with E-state index in [1.54, 1.807) is 24.3 Å². The fourth-order valence-electron chi connectivity index (χ4n) is 2.54. The van der Waals surface area contributed by atoms with Gasteiger partial charge in [-0.3, -0.25) is 4.79 Å². The van der Waals surface area contributed by atoms with Crippen molar-refractivity contribution in [3.8, 4) is 5.75 Å². The molecule has 2 rings (SSSR count). The summed E-state index contributed by atoms with van der Waals surface area (Å²) in [6.45, 7) is 2.16. The molecule has 0 atom stereocenters. The van der Waals surface area contributed by atoms with Crippen molar-refractivity contribution in [3.05, 3.63) is 29.8 Å². The van der Waals surface area contributed by atoms with E-state index in [4.69, 9.17) is 4.74 Å². The molecule has 0 spiro atoms. The second-order valence-electron chi connectivity index (χ2n) is 5.36. The molecule has 0 unspecified atom stereocenters. The lowest BCUT2D eigenvalue weighted by Crippen LogP contribution is -2.32. The Labute approximate surface area is 119 Å². The second-order valence-corrected chi connectivity index (χ2v) is 5.36. The molecule has 1 aromatic rings. The van der Waals surface area contributed by atoms with Gasteiger partial charge in [0, 0.05) is 12.1 Å². The summed E-state index contributed by atoms with van der Waals surface area (Å²) in [5, 5.41) is 2.80. The van der Waals surface area contributed by atoms with Crippen LogP contribution in [-0.4, -0.2) is 18.4 Å². The van der Waals surface area contributed by atoms with Gasteiger partial charge in [-0.2, -0.15) is 0 Å². The maximum atomic E-state index is 11.7. The van der Waals surface area contributed by atoms with Crippen LogP contribution in [0.1, 0.15) is 49.4 Å². The maximum absolute atomic E-state index is 11.7. The van der Waals surface area contributed by atoms with Crippen molar-refractivity contribution in [1.29, 1.82) is 0 Å². The Morgan fingerprint density at radius 2 is 2.00 bits per heavy atom. The monoisotopic (exact) mass is 275 g/mol. The largest absolute Gasteiger partial charge is 0.412 e. The Morgan fingerprint density at radius 3 is 2.70 bits per heavy atom. The molecule has 108 valence electrons. The predicted molar refractivity (Wildman–Crippen MR) is 77.0 cm³/mol. The first-order valence-corrected chi connectivity index (χ1v) is 7.22. The molecule has 0 aliphatic heterocycles. The third kappa shape index (κ3) is 4.37. The SMILES string of the molecule is CC(=O)c1cccc(OC(=O)NCC2CCCCC2)c1. The molecule has 1 amide bonds. The highest BCUT2D eigenvalue weighted by molar-refractivity contribution is 5.94. The quantitative estimate of drug-likeness (QED) is 0.855. The molecule has 0 radical (unpaired) electrons. The minimum atomic E-state index is -0.448. The Morgan fingerprint density at radius 1 is 1.25 bits per heavy atom. The molecule has 0 saturated heterocycles. The summed E-state index contributed by atoms with van der Waals surface area (Å²) >= 11 is 0. The number of carbonyl (C=O) groups is 2. The van der Waals surface area contributed by atoms with Crippen LogP contribution in [0.2, 0.25) is 0 Å². The minimum absolute atomic E-state index is 0.0435.